The van der Waals surface area contributed by atoms with Crippen LogP contribution in [0.1, 0.15) is 11.4 Å². The first kappa shape index (κ1) is 12.3. The Kier molecular flexibility index (Phi) is 4.35. The van der Waals surface area contributed by atoms with Gasteiger partial charge in [0.25, 0.3) is 0 Å². The first-order valence-corrected chi connectivity index (χ1v) is 5.87. The molecule has 1 aromatic rings. The molecule has 5 heteroatoms. The van der Waals surface area contributed by atoms with Crippen molar-refractivity contribution in [2.24, 2.45) is 0 Å². The lowest BCUT2D eigenvalue weighted by Crippen LogP contribution is -2.15. The second-order valence-corrected chi connectivity index (χ2v) is 4.82. The Hall–Kier alpha value is -0.810. The third-order valence-corrected chi connectivity index (χ3v) is 3.04. The Bertz CT molecular complexity index is 338. The highest BCUT2D eigenvalue weighted by molar-refractivity contribution is 7.99. The Morgan fingerprint density at radius 1 is 1.20 bits per heavy atom. The van der Waals surface area contributed by atoms with Gasteiger partial charge in [0.05, 0.1) is 11.4 Å². The van der Waals surface area contributed by atoms with E-state index in [1.165, 1.54) is 0 Å². The van der Waals surface area contributed by atoms with Gasteiger partial charge < -0.3 is 10.6 Å². The van der Waals surface area contributed by atoms with Crippen LogP contribution in [0.4, 0.5) is 5.82 Å². The summed E-state index contributed by atoms with van der Waals surface area (Å²) in [4.78, 5) is 10.8. The molecule has 0 aromatic carbocycles. The summed E-state index contributed by atoms with van der Waals surface area (Å²) < 4.78 is 0. The quantitative estimate of drug-likeness (QED) is 0.785. The van der Waals surface area contributed by atoms with Crippen molar-refractivity contribution >= 4 is 17.6 Å². The maximum Gasteiger partial charge on any atom is 0.156 e. The topological polar surface area (TPSA) is 55.0 Å². The molecule has 2 N–H and O–H groups in total. The molecular formula is C10H18N4S. The van der Waals surface area contributed by atoms with Crippen LogP contribution in [0, 0.1) is 13.8 Å². The third-order valence-electron chi connectivity index (χ3n) is 2.08. The van der Waals surface area contributed by atoms with Crippen LogP contribution < -0.4 is 5.73 Å². The molecule has 84 valence electrons. The standard InChI is InChI=1S/C10H18N4S/c1-7-8(2)13-10(9(11)12-7)15-6-5-14(3)4/h5-6H2,1-4H3,(H2,11,12). The number of rotatable bonds is 4. The lowest BCUT2D eigenvalue weighted by atomic mass is 10.3. The first-order valence-electron chi connectivity index (χ1n) is 4.89. The zero-order chi connectivity index (χ0) is 11.4. The second-order valence-electron chi connectivity index (χ2n) is 3.74. The van der Waals surface area contributed by atoms with Crippen molar-refractivity contribution in [2.75, 3.05) is 32.1 Å². The maximum absolute atomic E-state index is 5.80. The minimum atomic E-state index is 0.543. The summed E-state index contributed by atoms with van der Waals surface area (Å²) in [5.41, 5.74) is 7.66. The molecule has 1 heterocycles. The molecule has 1 aromatic heterocycles. The number of nitrogen functional groups attached to an aromatic ring is 1. The molecule has 0 spiro atoms. The van der Waals surface area contributed by atoms with Crippen LogP contribution in [-0.4, -0.2) is 41.3 Å². The third kappa shape index (κ3) is 3.68. The van der Waals surface area contributed by atoms with Crippen LogP contribution >= 0.6 is 11.8 Å². The number of anilines is 1. The average Bonchev–Trinajstić information content (AvgIpc) is 2.13. The number of nitrogens with zero attached hydrogens (tertiary/aromatic N) is 3. The van der Waals surface area contributed by atoms with E-state index in [9.17, 15) is 0 Å². The zero-order valence-electron chi connectivity index (χ0n) is 9.74. The predicted molar refractivity (Wildman–Crippen MR) is 65.2 cm³/mol. The summed E-state index contributed by atoms with van der Waals surface area (Å²) in [6.45, 7) is 4.89. The molecule has 4 nitrogen and oxygen atoms in total. The normalized spacial score (nSPS) is 11.0. The molecular weight excluding hydrogens is 208 g/mol. The van der Waals surface area contributed by atoms with Crippen LogP contribution in [0.15, 0.2) is 5.03 Å². The van der Waals surface area contributed by atoms with Gasteiger partial charge in [-0.1, -0.05) is 0 Å². The van der Waals surface area contributed by atoms with Crippen molar-refractivity contribution in [1.29, 1.82) is 0 Å². The van der Waals surface area contributed by atoms with E-state index < -0.39 is 0 Å². The SMILES string of the molecule is Cc1nc(N)c(SCCN(C)C)nc1C. The van der Waals surface area contributed by atoms with Gasteiger partial charge in [-0.25, -0.2) is 9.97 Å². The second kappa shape index (κ2) is 5.32. The number of hydrogen-bond donors (Lipinski definition) is 1. The fraction of sp³-hybridized carbons (Fsp3) is 0.600. The highest BCUT2D eigenvalue weighted by atomic mass is 32.2. The number of nitrogens with two attached hydrogens (primary N) is 1. The van der Waals surface area contributed by atoms with Crippen LogP contribution in [0.25, 0.3) is 0 Å². The lowest BCUT2D eigenvalue weighted by Gasteiger charge is -2.10. The van der Waals surface area contributed by atoms with Crippen molar-refractivity contribution in [3.8, 4) is 0 Å². The van der Waals surface area contributed by atoms with Crippen molar-refractivity contribution in [3.05, 3.63) is 11.4 Å². The molecule has 0 fully saturated rings. The summed E-state index contributed by atoms with van der Waals surface area (Å²) in [5, 5.41) is 0.847. The summed E-state index contributed by atoms with van der Waals surface area (Å²) >= 11 is 1.66. The molecule has 0 radical (unpaired) electrons. The van der Waals surface area contributed by atoms with E-state index in [0.717, 1.165) is 28.7 Å². The zero-order valence-corrected chi connectivity index (χ0v) is 10.6. The number of thioether (sulfide) groups is 1. The highest BCUT2D eigenvalue weighted by Gasteiger charge is 2.06. The fourth-order valence-electron chi connectivity index (χ4n) is 1.03. The maximum atomic E-state index is 5.80. The van der Waals surface area contributed by atoms with Crippen LogP contribution in [-0.2, 0) is 0 Å². The van der Waals surface area contributed by atoms with E-state index in [1.54, 1.807) is 11.8 Å². The van der Waals surface area contributed by atoms with E-state index in [4.69, 9.17) is 5.73 Å². The van der Waals surface area contributed by atoms with E-state index in [2.05, 4.69) is 29.0 Å². The molecule has 1 rings (SSSR count). The van der Waals surface area contributed by atoms with Crippen molar-refractivity contribution in [1.82, 2.24) is 14.9 Å². The fourth-order valence-corrected chi connectivity index (χ4v) is 2.08. The van der Waals surface area contributed by atoms with Gasteiger partial charge in [0.15, 0.2) is 5.82 Å². The molecule has 0 unspecified atom stereocenters. The molecule has 0 bridgehead atoms. The van der Waals surface area contributed by atoms with Crippen LogP contribution in [0.5, 0.6) is 0 Å². The minimum Gasteiger partial charge on any atom is -0.381 e. The van der Waals surface area contributed by atoms with Gasteiger partial charge in [-0.3, -0.25) is 0 Å². The molecule has 0 aliphatic carbocycles. The minimum absolute atomic E-state index is 0.543. The summed E-state index contributed by atoms with van der Waals surface area (Å²) in [6.07, 6.45) is 0. The van der Waals surface area contributed by atoms with Crippen LogP contribution in [0.2, 0.25) is 0 Å². The van der Waals surface area contributed by atoms with E-state index >= 15 is 0 Å². The summed E-state index contributed by atoms with van der Waals surface area (Å²) in [7, 11) is 4.10. The van der Waals surface area contributed by atoms with Gasteiger partial charge in [-0.15, -0.1) is 11.8 Å². The Morgan fingerprint density at radius 3 is 2.40 bits per heavy atom. The predicted octanol–water partition coefficient (Wildman–Crippen LogP) is 1.33. The average molecular weight is 226 g/mol. The van der Waals surface area contributed by atoms with Gasteiger partial charge in [-0.2, -0.15) is 0 Å². The number of aromatic nitrogens is 2. The monoisotopic (exact) mass is 226 g/mol. The Labute approximate surface area is 95.3 Å². The van der Waals surface area contributed by atoms with Crippen molar-refractivity contribution < 1.29 is 0 Å². The number of aryl methyl sites for hydroxylation is 2. The molecule has 0 saturated carbocycles. The van der Waals surface area contributed by atoms with Crippen molar-refractivity contribution in [3.63, 3.8) is 0 Å². The van der Waals surface area contributed by atoms with E-state index in [0.29, 0.717) is 5.82 Å². The smallest absolute Gasteiger partial charge is 0.156 e. The van der Waals surface area contributed by atoms with Gasteiger partial charge in [-0.05, 0) is 27.9 Å². The highest BCUT2D eigenvalue weighted by Crippen LogP contribution is 2.21. The first-order chi connectivity index (χ1) is 7.00. The van der Waals surface area contributed by atoms with Gasteiger partial charge in [0.1, 0.15) is 5.03 Å². The molecule has 0 aliphatic heterocycles. The molecule has 0 aliphatic rings. The van der Waals surface area contributed by atoms with Gasteiger partial charge in [0.2, 0.25) is 0 Å². The summed E-state index contributed by atoms with van der Waals surface area (Å²) in [5.74, 6) is 1.52. The van der Waals surface area contributed by atoms with Gasteiger partial charge >= 0.3 is 0 Å². The lowest BCUT2D eigenvalue weighted by molar-refractivity contribution is 0.437. The molecule has 0 atom stereocenters. The van der Waals surface area contributed by atoms with Gasteiger partial charge in [0, 0.05) is 12.3 Å². The molecule has 0 saturated heterocycles. The summed E-state index contributed by atoms with van der Waals surface area (Å²) in [6, 6.07) is 0. The Morgan fingerprint density at radius 2 is 1.80 bits per heavy atom. The Balaban J connectivity index is 2.65. The number of hydrogen-bond acceptors (Lipinski definition) is 5. The van der Waals surface area contributed by atoms with Crippen molar-refractivity contribution in [2.45, 2.75) is 18.9 Å². The molecule has 15 heavy (non-hydrogen) atoms. The molecule has 0 amide bonds. The van der Waals surface area contributed by atoms with E-state index in [-0.39, 0.29) is 0 Å². The van der Waals surface area contributed by atoms with E-state index in [1.807, 2.05) is 13.8 Å². The largest absolute Gasteiger partial charge is 0.381 e. The van der Waals surface area contributed by atoms with Crippen LogP contribution in [0.3, 0.4) is 0 Å².